The Balaban J connectivity index is 1.93. The van der Waals surface area contributed by atoms with Gasteiger partial charge >= 0.3 is 0 Å². The summed E-state index contributed by atoms with van der Waals surface area (Å²) in [4.78, 5) is 16.5. The zero-order chi connectivity index (χ0) is 13.9. The molecule has 1 heterocycles. The zero-order valence-corrected chi connectivity index (χ0v) is 11.7. The van der Waals surface area contributed by atoms with Gasteiger partial charge in [0.25, 0.3) is 0 Å². The summed E-state index contributed by atoms with van der Waals surface area (Å²) in [5.74, 6) is 1.38. The van der Waals surface area contributed by atoms with E-state index in [1.54, 1.807) is 11.0 Å². The van der Waals surface area contributed by atoms with Crippen LogP contribution in [0.15, 0.2) is 6.33 Å². The van der Waals surface area contributed by atoms with E-state index in [0.29, 0.717) is 24.8 Å². The number of nitrogens with zero attached hydrogens (tertiary/aromatic N) is 3. The third kappa shape index (κ3) is 3.12. The van der Waals surface area contributed by atoms with E-state index >= 15 is 0 Å². The molecule has 0 aromatic carbocycles. The highest BCUT2D eigenvalue weighted by atomic mass is 16.2. The summed E-state index contributed by atoms with van der Waals surface area (Å²) in [7, 11) is 1.81. The Labute approximate surface area is 113 Å². The third-order valence-corrected chi connectivity index (χ3v) is 4.16. The molecule has 1 fully saturated rings. The summed E-state index contributed by atoms with van der Waals surface area (Å²) in [6.45, 7) is 3.02. The van der Waals surface area contributed by atoms with Gasteiger partial charge in [0.05, 0.1) is 12.0 Å². The summed E-state index contributed by atoms with van der Waals surface area (Å²) in [5.41, 5.74) is 5.47. The molecular weight excluding hydrogens is 242 g/mol. The second-order valence-electron chi connectivity index (χ2n) is 5.68. The van der Waals surface area contributed by atoms with Crippen molar-refractivity contribution in [1.29, 1.82) is 0 Å². The Morgan fingerprint density at radius 3 is 2.79 bits per heavy atom. The molecule has 0 saturated heterocycles. The predicted molar refractivity (Wildman–Crippen MR) is 72.0 cm³/mol. The quantitative estimate of drug-likeness (QED) is 0.834. The normalized spacial score (nSPS) is 27.2. The highest BCUT2D eigenvalue weighted by Crippen LogP contribution is 2.38. The van der Waals surface area contributed by atoms with Crippen LogP contribution in [0, 0.1) is 11.3 Å². The Morgan fingerprint density at radius 1 is 1.58 bits per heavy atom. The average molecular weight is 265 g/mol. The number of aromatic nitrogens is 3. The molecule has 0 spiro atoms. The van der Waals surface area contributed by atoms with E-state index in [9.17, 15) is 4.79 Å². The number of aryl methyl sites for hydroxylation is 1. The Kier molecular flexibility index (Phi) is 4.19. The van der Waals surface area contributed by atoms with Crippen molar-refractivity contribution in [3.8, 4) is 0 Å². The minimum absolute atomic E-state index is 0.0503. The highest BCUT2D eigenvalue weighted by Gasteiger charge is 2.39. The van der Waals surface area contributed by atoms with Crippen LogP contribution in [-0.4, -0.2) is 27.2 Å². The second kappa shape index (κ2) is 5.69. The summed E-state index contributed by atoms with van der Waals surface area (Å²) >= 11 is 0. The molecule has 0 radical (unpaired) electrons. The van der Waals surface area contributed by atoms with Gasteiger partial charge in [0.15, 0.2) is 5.82 Å². The average Bonchev–Trinajstić information content (AvgIpc) is 2.83. The number of nitrogens with two attached hydrogens (primary N) is 1. The lowest BCUT2D eigenvalue weighted by Crippen LogP contribution is -2.47. The predicted octanol–water partition coefficient (Wildman–Crippen LogP) is 0.587. The van der Waals surface area contributed by atoms with Crippen molar-refractivity contribution in [2.45, 2.75) is 39.2 Å². The number of nitrogens with one attached hydrogen (secondary N) is 1. The maximum Gasteiger partial charge on any atom is 0.227 e. The molecule has 0 bridgehead atoms. The molecule has 1 aromatic heterocycles. The molecular formula is C13H23N5O. The van der Waals surface area contributed by atoms with E-state index in [1.165, 1.54) is 0 Å². The fraction of sp³-hybridized carbons (Fsp3) is 0.769. The third-order valence-electron chi connectivity index (χ3n) is 4.16. The first-order chi connectivity index (χ1) is 9.05. The molecule has 0 aliphatic heterocycles. The van der Waals surface area contributed by atoms with E-state index in [4.69, 9.17) is 5.73 Å². The van der Waals surface area contributed by atoms with Gasteiger partial charge in [0.1, 0.15) is 6.33 Å². The smallest absolute Gasteiger partial charge is 0.227 e. The number of carbonyl (C=O) groups excluding carboxylic acids is 1. The summed E-state index contributed by atoms with van der Waals surface area (Å²) in [6, 6.07) is 0. The number of hydrogen-bond acceptors (Lipinski definition) is 4. The highest BCUT2D eigenvalue weighted by molar-refractivity contribution is 5.82. The van der Waals surface area contributed by atoms with Gasteiger partial charge in [-0.15, -0.1) is 0 Å². The first-order valence-electron chi connectivity index (χ1n) is 6.88. The number of amides is 1. The molecule has 19 heavy (non-hydrogen) atoms. The minimum Gasteiger partial charge on any atom is -0.348 e. The monoisotopic (exact) mass is 265 g/mol. The Hall–Kier alpha value is -1.43. The van der Waals surface area contributed by atoms with Crippen LogP contribution in [0.3, 0.4) is 0 Å². The van der Waals surface area contributed by atoms with Crippen molar-refractivity contribution in [2.24, 2.45) is 24.1 Å². The first-order valence-corrected chi connectivity index (χ1v) is 6.88. The molecule has 1 aliphatic rings. The van der Waals surface area contributed by atoms with Crippen molar-refractivity contribution >= 4 is 5.91 Å². The van der Waals surface area contributed by atoms with Crippen LogP contribution >= 0.6 is 0 Å². The van der Waals surface area contributed by atoms with Crippen LogP contribution in [0.25, 0.3) is 0 Å². The van der Waals surface area contributed by atoms with E-state index < -0.39 is 0 Å². The summed E-state index contributed by atoms with van der Waals surface area (Å²) < 4.78 is 1.63. The van der Waals surface area contributed by atoms with Gasteiger partial charge in [-0.3, -0.25) is 9.48 Å². The van der Waals surface area contributed by atoms with Crippen LogP contribution < -0.4 is 11.1 Å². The minimum atomic E-state index is -0.388. The van der Waals surface area contributed by atoms with Crippen molar-refractivity contribution in [3.63, 3.8) is 0 Å². The molecule has 6 nitrogen and oxygen atoms in total. The number of carbonyl (C=O) groups is 1. The molecule has 2 rings (SSSR count). The molecule has 1 saturated carbocycles. The first kappa shape index (κ1) is 14.0. The molecule has 1 aromatic rings. The van der Waals surface area contributed by atoms with E-state index in [1.807, 2.05) is 7.05 Å². The molecule has 1 aliphatic carbocycles. The Bertz CT molecular complexity index is 434. The SMILES string of the molecule is CC1CCC(CN)(C(=O)NCc2ncn(C)n2)CC1. The van der Waals surface area contributed by atoms with Gasteiger partial charge in [-0.05, 0) is 31.6 Å². The largest absolute Gasteiger partial charge is 0.348 e. The summed E-state index contributed by atoms with van der Waals surface area (Å²) in [6.07, 6.45) is 5.54. The van der Waals surface area contributed by atoms with Gasteiger partial charge in [0.2, 0.25) is 5.91 Å². The van der Waals surface area contributed by atoms with Gasteiger partial charge in [-0.1, -0.05) is 6.92 Å². The van der Waals surface area contributed by atoms with Gasteiger partial charge < -0.3 is 11.1 Å². The van der Waals surface area contributed by atoms with Crippen molar-refractivity contribution in [2.75, 3.05) is 6.54 Å². The van der Waals surface area contributed by atoms with Crippen LogP contribution in [0.1, 0.15) is 38.4 Å². The summed E-state index contributed by atoms with van der Waals surface area (Å²) in [5, 5.41) is 7.08. The second-order valence-corrected chi connectivity index (χ2v) is 5.68. The van der Waals surface area contributed by atoms with Gasteiger partial charge in [-0.25, -0.2) is 4.98 Å². The van der Waals surface area contributed by atoms with Crippen LogP contribution in [0.5, 0.6) is 0 Å². The van der Waals surface area contributed by atoms with E-state index in [-0.39, 0.29) is 11.3 Å². The molecule has 1 amide bonds. The topological polar surface area (TPSA) is 85.8 Å². The lowest BCUT2D eigenvalue weighted by molar-refractivity contribution is -0.133. The van der Waals surface area contributed by atoms with Crippen LogP contribution in [0.2, 0.25) is 0 Å². The maximum absolute atomic E-state index is 12.4. The molecule has 0 atom stereocenters. The van der Waals surface area contributed by atoms with Crippen molar-refractivity contribution in [3.05, 3.63) is 12.2 Å². The lowest BCUT2D eigenvalue weighted by Gasteiger charge is -2.37. The van der Waals surface area contributed by atoms with Crippen molar-refractivity contribution < 1.29 is 4.79 Å². The van der Waals surface area contributed by atoms with Gasteiger partial charge in [0, 0.05) is 13.6 Å². The fourth-order valence-corrected chi connectivity index (χ4v) is 2.65. The van der Waals surface area contributed by atoms with Crippen molar-refractivity contribution in [1.82, 2.24) is 20.1 Å². The zero-order valence-electron chi connectivity index (χ0n) is 11.7. The number of rotatable bonds is 4. The van der Waals surface area contributed by atoms with E-state index in [0.717, 1.165) is 25.7 Å². The molecule has 106 valence electrons. The molecule has 3 N–H and O–H groups in total. The van der Waals surface area contributed by atoms with Gasteiger partial charge in [-0.2, -0.15) is 5.10 Å². The van der Waals surface area contributed by atoms with E-state index in [2.05, 4.69) is 22.3 Å². The fourth-order valence-electron chi connectivity index (χ4n) is 2.65. The molecule has 6 heteroatoms. The van der Waals surface area contributed by atoms with Crippen LogP contribution in [0.4, 0.5) is 0 Å². The van der Waals surface area contributed by atoms with Crippen LogP contribution in [-0.2, 0) is 18.4 Å². The maximum atomic E-state index is 12.4. The standard InChI is InChI=1S/C13H23N5O/c1-10-3-5-13(8-14,6-4-10)12(19)15-7-11-16-9-18(2)17-11/h9-10H,3-8,14H2,1-2H3,(H,15,19). The number of hydrogen-bond donors (Lipinski definition) is 2. The lowest BCUT2D eigenvalue weighted by atomic mass is 9.70. The Morgan fingerprint density at radius 2 is 2.26 bits per heavy atom. The molecule has 0 unspecified atom stereocenters.